The van der Waals surface area contributed by atoms with E-state index in [2.05, 4.69) is 26.1 Å². The molecule has 0 aromatic heterocycles. The first-order chi connectivity index (χ1) is 13.2. The van der Waals surface area contributed by atoms with E-state index < -0.39 is 11.7 Å². The maximum absolute atomic E-state index is 11.8. The van der Waals surface area contributed by atoms with E-state index in [1.54, 1.807) is 0 Å². The Hall–Kier alpha value is -0.930. The number of hydrogen-bond donors (Lipinski definition) is 2. The van der Waals surface area contributed by atoms with Crippen LogP contribution in [-0.2, 0) is 23.7 Å². The summed E-state index contributed by atoms with van der Waals surface area (Å²) in [6, 6.07) is 0. The van der Waals surface area contributed by atoms with Crippen molar-refractivity contribution in [3.63, 3.8) is 0 Å². The highest BCUT2D eigenvalue weighted by Gasteiger charge is 2.28. The summed E-state index contributed by atoms with van der Waals surface area (Å²) >= 11 is 0. The van der Waals surface area contributed by atoms with Crippen molar-refractivity contribution in [3.05, 3.63) is 0 Å². The minimum absolute atomic E-state index is 0.0893. The van der Waals surface area contributed by atoms with Crippen LogP contribution in [0.15, 0.2) is 0 Å². The molecule has 168 valence electrons. The lowest BCUT2D eigenvalue weighted by Gasteiger charge is -2.32. The molecule has 0 spiro atoms. The van der Waals surface area contributed by atoms with E-state index >= 15 is 0 Å². The van der Waals surface area contributed by atoms with Crippen LogP contribution in [0.5, 0.6) is 0 Å². The Bertz CT molecular complexity index is 383. The molecule has 0 saturated heterocycles. The van der Waals surface area contributed by atoms with Crippen LogP contribution in [0.3, 0.4) is 0 Å². The lowest BCUT2D eigenvalue weighted by atomic mass is 9.84. The van der Waals surface area contributed by atoms with Crippen molar-refractivity contribution < 1.29 is 33.6 Å². The van der Waals surface area contributed by atoms with Crippen molar-refractivity contribution in [3.8, 4) is 0 Å². The van der Waals surface area contributed by atoms with Crippen molar-refractivity contribution in [1.29, 1.82) is 0 Å². The second-order valence-electron chi connectivity index (χ2n) is 8.34. The molecular weight excluding hydrogens is 366 g/mol. The first-order valence-corrected chi connectivity index (χ1v) is 10.0. The molecule has 8 nitrogen and oxygen atoms in total. The average Bonchev–Trinajstić information content (AvgIpc) is 2.55. The summed E-state index contributed by atoms with van der Waals surface area (Å²) in [7, 11) is 0. The Kier molecular flexibility index (Phi) is 15.4. The summed E-state index contributed by atoms with van der Waals surface area (Å²) in [6.45, 7) is 14.6. The smallest absolute Gasteiger partial charge is 0.407 e. The number of alkyl carbamates (subject to hydrolysis) is 1. The van der Waals surface area contributed by atoms with E-state index in [4.69, 9.17) is 28.8 Å². The quantitative estimate of drug-likeness (QED) is 0.357. The first-order valence-electron chi connectivity index (χ1n) is 10.0. The standard InChI is InChI=1S/C20H41NO7/c1-19(2,3)17-20(4,5)28-18(23)21-7-10-25-12-14-27-16-15-26-13-11-24-9-6-8-22/h22H,6-17H2,1-5H3,(H,21,23). The molecule has 0 fully saturated rings. The second kappa shape index (κ2) is 15.9. The molecule has 0 radical (unpaired) electrons. The van der Waals surface area contributed by atoms with Gasteiger partial charge in [0, 0.05) is 19.8 Å². The number of amides is 1. The summed E-state index contributed by atoms with van der Waals surface area (Å²) in [5, 5.41) is 11.3. The molecule has 28 heavy (non-hydrogen) atoms. The van der Waals surface area contributed by atoms with E-state index in [0.717, 1.165) is 6.42 Å². The van der Waals surface area contributed by atoms with Gasteiger partial charge >= 0.3 is 6.09 Å². The summed E-state index contributed by atoms with van der Waals surface area (Å²) in [5.74, 6) is 0. The van der Waals surface area contributed by atoms with Crippen molar-refractivity contribution in [1.82, 2.24) is 5.32 Å². The topological polar surface area (TPSA) is 95.5 Å². The summed E-state index contributed by atoms with van der Waals surface area (Å²) < 4.78 is 26.8. The maximum Gasteiger partial charge on any atom is 0.407 e. The molecule has 0 aromatic carbocycles. The van der Waals surface area contributed by atoms with Crippen molar-refractivity contribution >= 4 is 6.09 Å². The molecule has 2 N–H and O–H groups in total. The zero-order chi connectivity index (χ0) is 21.3. The highest BCUT2D eigenvalue weighted by atomic mass is 16.6. The van der Waals surface area contributed by atoms with Crippen LogP contribution in [0.2, 0.25) is 0 Å². The Balaban J connectivity index is 3.40. The van der Waals surface area contributed by atoms with Gasteiger partial charge in [-0.05, 0) is 32.1 Å². The van der Waals surface area contributed by atoms with Crippen molar-refractivity contribution in [2.75, 3.05) is 66.0 Å². The van der Waals surface area contributed by atoms with Gasteiger partial charge < -0.3 is 34.1 Å². The van der Waals surface area contributed by atoms with Gasteiger partial charge in [0.1, 0.15) is 5.60 Å². The fourth-order valence-corrected chi connectivity index (χ4v) is 2.75. The lowest BCUT2D eigenvalue weighted by molar-refractivity contribution is -0.00414. The number of hydrogen-bond acceptors (Lipinski definition) is 7. The van der Waals surface area contributed by atoms with Crippen molar-refractivity contribution in [2.45, 2.75) is 53.1 Å². The van der Waals surface area contributed by atoms with E-state index in [1.165, 1.54) is 0 Å². The minimum Gasteiger partial charge on any atom is -0.444 e. The predicted molar refractivity (Wildman–Crippen MR) is 108 cm³/mol. The highest BCUT2D eigenvalue weighted by Crippen LogP contribution is 2.29. The Morgan fingerprint density at radius 2 is 1.25 bits per heavy atom. The average molecular weight is 408 g/mol. The van der Waals surface area contributed by atoms with Gasteiger partial charge in [0.05, 0.1) is 46.2 Å². The fourth-order valence-electron chi connectivity index (χ4n) is 2.75. The number of ether oxygens (including phenoxy) is 5. The van der Waals surface area contributed by atoms with Gasteiger partial charge in [-0.3, -0.25) is 0 Å². The molecule has 0 heterocycles. The molecule has 1 amide bonds. The van der Waals surface area contributed by atoms with E-state index in [-0.39, 0.29) is 12.0 Å². The summed E-state index contributed by atoms with van der Waals surface area (Å²) in [5.41, 5.74) is -0.420. The summed E-state index contributed by atoms with van der Waals surface area (Å²) in [4.78, 5) is 11.8. The molecular formula is C20H41NO7. The first kappa shape index (κ1) is 27.1. The molecule has 0 aliphatic carbocycles. The van der Waals surface area contributed by atoms with Crippen LogP contribution in [0, 0.1) is 5.41 Å². The molecule has 0 saturated carbocycles. The van der Waals surface area contributed by atoms with Crippen LogP contribution >= 0.6 is 0 Å². The zero-order valence-electron chi connectivity index (χ0n) is 18.4. The largest absolute Gasteiger partial charge is 0.444 e. The van der Waals surface area contributed by atoms with E-state index in [0.29, 0.717) is 65.8 Å². The van der Waals surface area contributed by atoms with Crippen LogP contribution in [0.4, 0.5) is 4.79 Å². The summed E-state index contributed by atoms with van der Waals surface area (Å²) in [6.07, 6.45) is 1.00. The van der Waals surface area contributed by atoms with Crippen LogP contribution in [-0.4, -0.2) is 82.8 Å². The number of carbonyl (C=O) groups excluding carboxylic acids is 1. The van der Waals surface area contributed by atoms with Crippen LogP contribution in [0.1, 0.15) is 47.5 Å². The molecule has 0 bridgehead atoms. The zero-order valence-corrected chi connectivity index (χ0v) is 18.4. The molecule has 8 heteroatoms. The third-order valence-corrected chi connectivity index (χ3v) is 3.40. The van der Waals surface area contributed by atoms with Gasteiger partial charge in [0.15, 0.2) is 0 Å². The van der Waals surface area contributed by atoms with Gasteiger partial charge in [0.25, 0.3) is 0 Å². The fraction of sp³-hybridized carbons (Fsp3) is 0.950. The Labute approximate surface area is 170 Å². The number of aliphatic hydroxyl groups is 1. The molecule has 0 rings (SSSR count). The van der Waals surface area contributed by atoms with Gasteiger partial charge in [0.2, 0.25) is 0 Å². The maximum atomic E-state index is 11.8. The Morgan fingerprint density at radius 3 is 1.71 bits per heavy atom. The lowest BCUT2D eigenvalue weighted by Crippen LogP contribution is -2.38. The van der Waals surface area contributed by atoms with Crippen LogP contribution < -0.4 is 5.32 Å². The number of rotatable bonds is 17. The van der Waals surface area contributed by atoms with Gasteiger partial charge in [-0.25, -0.2) is 4.79 Å². The van der Waals surface area contributed by atoms with E-state index in [1.807, 2.05) is 13.8 Å². The predicted octanol–water partition coefficient (Wildman–Crippen LogP) is 2.38. The van der Waals surface area contributed by atoms with Gasteiger partial charge in [-0.1, -0.05) is 20.8 Å². The Morgan fingerprint density at radius 1 is 0.786 bits per heavy atom. The molecule has 0 aromatic rings. The van der Waals surface area contributed by atoms with Crippen molar-refractivity contribution in [2.24, 2.45) is 5.41 Å². The third kappa shape index (κ3) is 19.8. The van der Waals surface area contributed by atoms with Crippen LogP contribution in [0.25, 0.3) is 0 Å². The van der Waals surface area contributed by atoms with Gasteiger partial charge in [-0.2, -0.15) is 0 Å². The third-order valence-electron chi connectivity index (χ3n) is 3.40. The SMILES string of the molecule is CC(C)(C)CC(C)(C)OC(=O)NCCOCCOCCOCCOCCCO. The molecule has 0 atom stereocenters. The normalized spacial score (nSPS) is 12.2. The molecule has 0 aliphatic heterocycles. The number of nitrogens with one attached hydrogen (secondary N) is 1. The van der Waals surface area contributed by atoms with Gasteiger partial charge in [-0.15, -0.1) is 0 Å². The monoisotopic (exact) mass is 407 g/mol. The minimum atomic E-state index is -0.509. The second-order valence-corrected chi connectivity index (χ2v) is 8.34. The molecule has 0 unspecified atom stereocenters. The number of carbonyl (C=O) groups is 1. The highest BCUT2D eigenvalue weighted by molar-refractivity contribution is 5.67. The van der Waals surface area contributed by atoms with E-state index in [9.17, 15) is 4.79 Å². The molecule has 0 aliphatic rings. The number of aliphatic hydroxyl groups excluding tert-OH is 1.